The number of carbonyl (C=O) groups is 1. The van der Waals surface area contributed by atoms with Gasteiger partial charge in [0.1, 0.15) is 5.78 Å². The number of carbonyl (C=O) groups excluding carboxylic acids is 1. The Labute approximate surface area is 173 Å². The third kappa shape index (κ3) is 2.35. The molecule has 2 aromatic carbocycles. The summed E-state index contributed by atoms with van der Waals surface area (Å²) in [5, 5.41) is 0.234. The maximum Gasteiger partial charge on any atom is 0.147 e. The van der Waals surface area contributed by atoms with E-state index >= 15 is 0 Å². The van der Waals surface area contributed by atoms with Crippen LogP contribution >= 0.6 is 11.8 Å². The number of Topliss-reactive ketones (excluding diaryl/α,β-unsaturated/α-hetero) is 1. The van der Waals surface area contributed by atoms with Gasteiger partial charge in [-0.2, -0.15) is 0 Å². The lowest BCUT2D eigenvalue weighted by Crippen LogP contribution is -2.74. The lowest BCUT2D eigenvalue weighted by molar-refractivity contribution is -0.165. The van der Waals surface area contributed by atoms with Crippen molar-refractivity contribution in [2.45, 2.75) is 63.7 Å². The Kier molecular flexibility index (Phi) is 4.55. The molecular weight excluding hydrogens is 362 g/mol. The van der Waals surface area contributed by atoms with Crippen LogP contribution in [-0.4, -0.2) is 21.5 Å². The summed E-state index contributed by atoms with van der Waals surface area (Å²) in [7, 11) is 0. The number of hydrogen-bond acceptors (Lipinski definition) is 3. The van der Waals surface area contributed by atoms with Crippen LogP contribution in [0.2, 0.25) is 0 Å². The van der Waals surface area contributed by atoms with Gasteiger partial charge in [0.15, 0.2) is 0 Å². The second kappa shape index (κ2) is 6.47. The third-order valence-corrected chi connectivity index (χ3v) is 9.39. The molecule has 2 atom stereocenters. The smallest absolute Gasteiger partial charge is 0.147 e. The highest BCUT2D eigenvalue weighted by Gasteiger charge is 2.79. The quantitative estimate of drug-likeness (QED) is 0.614. The van der Waals surface area contributed by atoms with Crippen molar-refractivity contribution in [2.75, 3.05) is 0 Å². The molecule has 2 aromatic rings. The Balaban J connectivity index is 1.96. The third-order valence-electron chi connectivity index (χ3n) is 7.04. The average molecular weight is 394 g/mol. The zero-order valence-electron chi connectivity index (χ0n) is 17.8. The molecular formula is C25H31NOS. The highest BCUT2D eigenvalue weighted by Crippen LogP contribution is 2.77. The predicted octanol–water partition coefficient (Wildman–Crippen LogP) is 6.26. The van der Waals surface area contributed by atoms with Crippen LogP contribution < -0.4 is 0 Å². The van der Waals surface area contributed by atoms with Gasteiger partial charge in [0.05, 0.1) is 16.2 Å². The second-order valence-corrected chi connectivity index (χ2v) is 10.9. The largest absolute Gasteiger partial charge is 0.298 e. The van der Waals surface area contributed by atoms with Gasteiger partial charge >= 0.3 is 0 Å². The van der Waals surface area contributed by atoms with Gasteiger partial charge in [-0.3, -0.25) is 9.69 Å². The first-order valence-corrected chi connectivity index (χ1v) is 11.1. The minimum Gasteiger partial charge on any atom is -0.298 e. The summed E-state index contributed by atoms with van der Waals surface area (Å²) in [6, 6.07) is 22.2. The van der Waals surface area contributed by atoms with Gasteiger partial charge in [0.2, 0.25) is 0 Å². The van der Waals surface area contributed by atoms with E-state index in [2.05, 4.69) is 107 Å². The van der Waals surface area contributed by atoms with E-state index in [4.69, 9.17) is 0 Å². The van der Waals surface area contributed by atoms with Gasteiger partial charge in [0, 0.05) is 16.9 Å². The fourth-order valence-electron chi connectivity index (χ4n) is 5.93. The molecule has 28 heavy (non-hydrogen) atoms. The number of ketones is 1. The van der Waals surface area contributed by atoms with E-state index in [9.17, 15) is 4.79 Å². The first-order chi connectivity index (χ1) is 13.2. The van der Waals surface area contributed by atoms with Crippen LogP contribution in [0.4, 0.5) is 0 Å². The van der Waals surface area contributed by atoms with Crippen molar-refractivity contribution >= 4 is 17.5 Å². The van der Waals surface area contributed by atoms with Crippen LogP contribution in [0.3, 0.4) is 0 Å². The van der Waals surface area contributed by atoms with Gasteiger partial charge < -0.3 is 0 Å². The zero-order chi connectivity index (χ0) is 20.3. The molecule has 3 heteroatoms. The monoisotopic (exact) mass is 393 g/mol. The van der Waals surface area contributed by atoms with Crippen molar-refractivity contribution in [3.05, 3.63) is 71.8 Å². The van der Waals surface area contributed by atoms with Gasteiger partial charge in [0.25, 0.3) is 0 Å². The summed E-state index contributed by atoms with van der Waals surface area (Å²) in [5.74, 6) is 0.380. The van der Waals surface area contributed by atoms with Crippen LogP contribution in [0.15, 0.2) is 60.7 Å². The Morgan fingerprint density at radius 3 is 1.75 bits per heavy atom. The molecule has 0 amide bonds. The number of thioether (sulfide) groups is 1. The van der Waals surface area contributed by atoms with Crippen molar-refractivity contribution in [1.82, 2.24) is 4.90 Å². The maximum atomic E-state index is 13.2. The van der Waals surface area contributed by atoms with E-state index in [0.717, 1.165) is 0 Å². The van der Waals surface area contributed by atoms with Gasteiger partial charge in [-0.15, -0.1) is 11.8 Å². The first kappa shape index (κ1) is 19.7. The van der Waals surface area contributed by atoms with Crippen molar-refractivity contribution in [3.63, 3.8) is 0 Å². The number of rotatable bonds is 3. The molecule has 148 valence electrons. The van der Waals surface area contributed by atoms with Gasteiger partial charge in [-0.1, -0.05) is 88.4 Å². The number of nitrogens with zero attached hydrogens (tertiary/aromatic N) is 1. The Morgan fingerprint density at radius 1 is 0.821 bits per heavy atom. The van der Waals surface area contributed by atoms with Gasteiger partial charge in [-0.05, 0) is 25.0 Å². The predicted molar refractivity (Wildman–Crippen MR) is 118 cm³/mol. The molecule has 2 nitrogen and oxygen atoms in total. The molecule has 1 heterocycles. The van der Waals surface area contributed by atoms with Crippen LogP contribution in [-0.2, 0) is 4.79 Å². The number of benzene rings is 2. The molecule has 0 aromatic heterocycles. The SMILES string of the molecule is CC(C)N1[C@H](c2ccccc2)SC2([C@H]1c1ccccc1)C(C)(C)C(=O)C2(C)C. The Hall–Kier alpha value is -1.58. The lowest BCUT2D eigenvalue weighted by atomic mass is 9.43. The summed E-state index contributed by atoms with van der Waals surface area (Å²) < 4.78 is -0.177. The summed E-state index contributed by atoms with van der Waals surface area (Å²) >= 11 is 2.01. The normalized spacial score (nSPS) is 27.9. The summed E-state index contributed by atoms with van der Waals surface area (Å²) in [6.07, 6.45) is 0. The zero-order valence-corrected chi connectivity index (χ0v) is 18.6. The van der Waals surface area contributed by atoms with E-state index < -0.39 is 0 Å². The summed E-state index contributed by atoms with van der Waals surface area (Å²) in [5.41, 5.74) is 1.89. The van der Waals surface area contributed by atoms with Crippen LogP contribution in [0, 0.1) is 10.8 Å². The van der Waals surface area contributed by atoms with Crippen LogP contribution in [0.1, 0.15) is 64.1 Å². The minimum atomic E-state index is -0.377. The molecule has 0 N–H and O–H groups in total. The van der Waals surface area contributed by atoms with Crippen molar-refractivity contribution in [2.24, 2.45) is 10.8 Å². The first-order valence-electron chi connectivity index (χ1n) is 10.3. The standard InChI is InChI=1S/C25H31NOS/c1-17(2)26-20(18-13-9-7-10-14-18)25(23(3,4)22(27)24(25,5)6)28-21(26)19-15-11-8-12-16-19/h7-17,20-21H,1-6H3/t20-,21+/m1/s1. The van der Waals surface area contributed by atoms with Crippen molar-refractivity contribution in [1.29, 1.82) is 0 Å². The van der Waals surface area contributed by atoms with E-state index in [-0.39, 0.29) is 27.0 Å². The summed E-state index contributed by atoms with van der Waals surface area (Å²) in [4.78, 5) is 15.9. The molecule has 0 bridgehead atoms. The maximum absolute atomic E-state index is 13.2. The molecule has 1 aliphatic heterocycles. The minimum absolute atomic E-state index is 0.177. The summed E-state index contributed by atoms with van der Waals surface area (Å²) in [6.45, 7) is 13.2. The molecule has 1 spiro atoms. The molecule has 1 saturated heterocycles. The van der Waals surface area contributed by atoms with Crippen molar-refractivity contribution in [3.8, 4) is 0 Å². The molecule has 1 aliphatic carbocycles. The lowest BCUT2D eigenvalue weighted by Gasteiger charge is -2.66. The highest BCUT2D eigenvalue weighted by atomic mass is 32.2. The van der Waals surface area contributed by atoms with E-state index in [1.54, 1.807) is 0 Å². The molecule has 2 fully saturated rings. The number of hydrogen-bond donors (Lipinski definition) is 0. The van der Waals surface area contributed by atoms with Crippen LogP contribution in [0.25, 0.3) is 0 Å². The van der Waals surface area contributed by atoms with Crippen molar-refractivity contribution < 1.29 is 4.79 Å². The molecule has 0 unspecified atom stereocenters. The fourth-order valence-corrected chi connectivity index (χ4v) is 8.22. The molecule has 2 aliphatic rings. The Morgan fingerprint density at radius 2 is 1.29 bits per heavy atom. The molecule has 0 radical (unpaired) electrons. The fraction of sp³-hybridized carbons (Fsp3) is 0.480. The van der Waals surface area contributed by atoms with E-state index in [1.165, 1.54) is 11.1 Å². The van der Waals surface area contributed by atoms with E-state index in [1.807, 2.05) is 11.8 Å². The van der Waals surface area contributed by atoms with E-state index in [0.29, 0.717) is 11.8 Å². The Bertz CT molecular complexity index is 854. The second-order valence-electron chi connectivity index (χ2n) is 9.55. The molecule has 1 saturated carbocycles. The average Bonchev–Trinajstić information content (AvgIpc) is 3.08. The topological polar surface area (TPSA) is 20.3 Å². The van der Waals surface area contributed by atoms with Crippen LogP contribution in [0.5, 0.6) is 0 Å². The highest BCUT2D eigenvalue weighted by molar-refractivity contribution is 8.01. The molecule has 4 rings (SSSR count). The van der Waals surface area contributed by atoms with Gasteiger partial charge in [-0.25, -0.2) is 0 Å².